The SMILES string of the molecule is COc1cc(-c2[nH]c3ccc(C4CCC(N(C)C5COC5)CC4)nc3c2C(C)C)cn2ncnc12. The summed E-state index contributed by atoms with van der Waals surface area (Å²) in [6, 6.07) is 7.74. The smallest absolute Gasteiger partial charge is 0.197 e. The van der Waals surface area contributed by atoms with Crippen LogP contribution < -0.4 is 4.74 Å². The maximum Gasteiger partial charge on any atom is 0.197 e. The minimum Gasteiger partial charge on any atom is -0.493 e. The predicted molar refractivity (Wildman–Crippen MR) is 136 cm³/mol. The summed E-state index contributed by atoms with van der Waals surface area (Å²) in [7, 11) is 3.94. The molecule has 184 valence electrons. The summed E-state index contributed by atoms with van der Waals surface area (Å²) in [5.41, 5.74) is 7.42. The van der Waals surface area contributed by atoms with Gasteiger partial charge in [0.15, 0.2) is 11.4 Å². The fourth-order valence-electron chi connectivity index (χ4n) is 5.84. The molecule has 8 heteroatoms. The van der Waals surface area contributed by atoms with E-state index in [0.717, 1.165) is 35.5 Å². The van der Waals surface area contributed by atoms with Gasteiger partial charge < -0.3 is 14.5 Å². The normalized spacial score (nSPS) is 21.3. The zero-order chi connectivity index (χ0) is 24.1. The third kappa shape index (κ3) is 3.89. The number of methoxy groups -OCH3 is 1. The number of pyridine rings is 2. The van der Waals surface area contributed by atoms with Crippen LogP contribution in [0.1, 0.15) is 62.6 Å². The van der Waals surface area contributed by atoms with Crippen LogP contribution in [0.5, 0.6) is 5.75 Å². The zero-order valence-corrected chi connectivity index (χ0v) is 21.0. The molecule has 2 aliphatic rings. The number of aromatic nitrogens is 5. The van der Waals surface area contributed by atoms with Crippen LogP contribution >= 0.6 is 0 Å². The lowest BCUT2D eigenvalue weighted by atomic mass is 9.82. The summed E-state index contributed by atoms with van der Waals surface area (Å²) in [5.74, 6) is 1.54. The van der Waals surface area contributed by atoms with Crippen LogP contribution in [0, 0.1) is 0 Å². The molecule has 0 atom stereocenters. The first-order chi connectivity index (χ1) is 17.0. The molecular formula is C27H34N6O2. The Labute approximate surface area is 205 Å². The Morgan fingerprint density at radius 2 is 1.94 bits per heavy atom. The van der Waals surface area contributed by atoms with E-state index < -0.39 is 0 Å². The fraction of sp³-hybridized carbons (Fsp3) is 0.519. The van der Waals surface area contributed by atoms with Crippen LogP contribution in [0.4, 0.5) is 0 Å². The highest BCUT2D eigenvalue weighted by atomic mass is 16.5. The second kappa shape index (κ2) is 8.91. The lowest BCUT2D eigenvalue weighted by Crippen LogP contribution is -2.52. The van der Waals surface area contributed by atoms with Crippen molar-refractivity contribution in [3.05, 3.63) is 42.0 Å². The molecule has 0 radical (unpaired) electrons. The first-order valence-corrected chi connectivity index (χ1v) is 12.7. The fourth-order valence-corrected chi connectivity index (χ4v) is 5.84. The second-order valence-corrected chi connectivity index (χ2v) is 10.4. The third-order valence-corrected chi connectivity index (χ3v) is 8.02. The van der Waals surface area contributed by atoms with E-state index in [4.69, 9.17) is 14.5 Å². The Balaban J connectivity index is 1.32. The standard InChI is InChI=1S/C27H34N6O2/c1-16(2)24-25(18-11-23(34-4)27-28-15-29-33(27)12-18)31-22-10-9-21(30-26(22)24)17-5-7-19(8-6-17)32(3)20-13-35-14-20/h9-12,15-17,19-20,31H,5-8,13-14H2,1-4H3. The highest BCUT2D eigenvalue weighted by Crippen LogP contribution is 2.39. The molecule has 6 rings (SSSR count). The van der Waals surface area contributed by atoms with Gasteiger partial charge in [-0.15, -0.1) is 0 Å². The van der Waals surface area contributed by atoms with Gasteiger partial charge >= 0.3 is 0 Å². The van der Waals surface area contributed by atoms with Gasteiger partial charge in [-0.25, -0.2) is 9.50 Å². The Morgan fingerprint density at radius 3 is 2.63 bits per heavy atom. The van der Waals surface area contributed by atoms with E-state index in [-0.39, 0.29) is 0 Å². The van der Waals surface area contributed by atoms with Crippen molar-refractivity contribution < 1.29 is 9.47 Å². The van der Waals surface area contributed by atoms with Crippen molar-refractivity contribution in [1.82, 2.24) is 29.5 Å². The van der Waals surface area contributed by atoms with Gasteiger partial charge in [-0.2, -0.15) is 5.10 Å². The van der Waals surface area contributed by atoms with E-state index in [0.29, 0.717) is 35.3 Å². The van der Waals surface area contributed by atoms with Crippen LogP contribution in [0.2, 0.25) is 0 Å². The van der Waals surface area contributed by atoms with Crippen molar-refractivity contribution in [3.63, 3.8) is 0 Å². The summed E-state index contributed by atoms with van der Waals surface area (Å²) in [5, 5.41) is 4.34. The molecule has 0 aromatic carbocycles. The van der Waals surface area contributed by atoms with Gasteiger partial charge in [-0.1, -0.05) is 13.8 Å². The highest BCUT2D eigenvalue weighted by molar-refractivity contribution is 5.89. The van der Waals surface area contributed by atoms with Gasteiger partial charge in [0.1, 0.15) is 6.33 Å². The van der Waals surface area contributed by atoms with Crippen molar-refractivity contribution in [2.75, 3.05) is 27.4 Å². The lowest BCUT2D eigenvalue weighted by molar-refractivity contribution is -0.0739. The second-order valence-electron chi connectivity index (χ2n) is 10.4. The molecule has 5 heterocycles. The minimum absolute atomic E-state index is 0.313. The van der Waals surface area contributed by atoms with Crippen LogP contribution in [0.3, 0.4) is 0 Å². The van der Waals surface area contributed by atoms with Crippen molar-refractivity contribution in [2.45, 2.75) is 63.5 Å². The van der Waals surface area contributed by atoms with Crippen LogP contribution in [-0.4, -0.2) is 68.9 Å². The molecule has 0 spiro atoms. The molecule has 1 saturated heterocycles. The number of nitrogens with zero attached hydrogens (tertiary/aromatic N) is 5. The van der Waals surface area contributed by atoms with Gasteiger partial charge in [-0.05, 0) is 56.8 Å². The molecule has 0 amide bonds. The average molecular weight is 475 g/mol. The maximum atomic E-state index is 5.61. The first-order valence-electron chi connectivity index (χ1n) is 12.7. The van der Waals surface area contributed by atoms with Gasteiger partial charge in [0.05, 0.1) is 43.1 Å². The molecule has 35 heavy (non-hydrogen) atoms. The van der Waals surface area contributed by atoms with E-state index in [2.05, 4.69) is 53.0 Å². The maximum absolute atomic E-state index is 5.61. The Hall–Kier alpha value is -2.97. The van der Waals surface area contributed by atoms with Crippen molar-refractivity contribution in [1.29, 1.82) is 0 Å². The van der Waals surface area contributed by atoms with E-state index in [1.807, 2.05) is 12.3 Å². The van der Waals surface area contributed by atoms with Gasteiger partial charge in [-0.3, -0.25) is 9.88 Å². The molecule has 1 N–H and O–H groups in total. The number of likely N-dealkylation sites (N-methyl/N-ethyl adjacent to an activating group) is 1. The number of fused-ring (bicyclic) bond motifs is 2. The number of aromatic amines is 1. The van der Waals surface area contributed by atoms with Crippen molar-refractivity contribution in [2.24, 2.45) is 0 Å². The lowest BCUT2D eigenvalue weighted by Gasteiger charge is -2.42. The number of rotatable bonds is 6. The zero-order valence-electron chi connectivity index (χ0n) is 21.0. The molecule has 4 aromatic heterocycles. The Morgan fingerprint density at radius 1 is 1.14 bits per heavy atom. The highest BCUT2D eigenvalue weighted by Gasteiger charge is 2.32. The summed E-state index contributed by atoms with van der Waals surface area (Å²) in [4.78, 5) is 15.8. The summed E-state index contributed by atoms with van der Waals surface area (Å²) in [6.07, 6.45) is 8.39. The molecule has 1 saturated carbocycles. The molecule has 1 aliphatic carbocycles. The first kappa shape index (κ1) is 22.5. The van der Waals surface area contributed by atoms with Crippen molar-refractivity contribution >= 4 is 16.7 Å². The predicted octanol–water partition coefficient (Wildman–Crippen LogP) is 4.76. The van der Waals surface area contributed by atoms with E-state index in [1.54, 1.807) is 18.0 Å². The van der Waals surface area contributed by atoms with Crippen LogP contribution in [-0.2, 0) is 4.74 Å². The number of H-pyrrole nitrogens is 1. The Bertz CT molecular complexity index is 1350. The minimum atomic E-state index is 0.313. The summed E-state index contributed by atoms with van der Waals surface area (Å²) < 4.78 is 12.8. The molecule has 0 unspecified atom stereocenters. The molecule has 8 nitrogen and oxygen atoms in total. The van der Waals surface area contributed by atoms with E-state index in [9.17, 15) is 0 Å². The number of hydrogen-bond acceptors (Lipinski definition) is 6. The average Bonchev–Trinajstić information content (AvgIpc) is 3.46. The molecule has 0 bridgehead atoms. The molecule has 4 aromatic rings. The molecule has 1 aliphatic heterocycles. The van der Waals surface area contributed by atoms with Gasteiger partial charge in [0.2, 0.25) is 0 Å². The van der Waals surface area contributed by atoms with E-state index in [1.165, 1.54) is 36.9 Å². The number of nitrogens with one attached hydrogen (secondary N) is 1. The van der Waals surface area contributed by atoms with Gasteiger partial charge in [0, 0.05) is 35.0 Å². The van der Waals surface area contributed by atoms with Crippen molar-refractivity contribution in [3.8, 4) is 17.0 Å². The van der Waals surface area contributed by atoms with Crippen LogP contribution in [0.25, 0.3) is 27.9 Å². The number of hydrogen-bond donors (Lipinski definition) is 1. The van der Waals surface area contributed by atoms with Gasteiger partial charge in [0.25, 0.3) is 0 Å². The summed E-state index contributed by atoms with van der Waals surface area (Å²) in [6.45, 7) is 6.24. The number of ether oxygens (including phenoxy) is 2. The summed E-state index contributed by atoms with van der Waals surface area (Å²) >= 11 is 0. The largest absolute Gasteiger partial charge is 0.493 e. The Kier molecular flexibility index (Phi) is 5.73. The molecular weight excluding hydrogens is 440 g/mol. The monoisotopic (exact) mass is 474 g/mol. The quantitative estimate of drug-likeness (QED) is 0.434. The van der Waals surface area contributed by atoms with Crippen LogP contribution in [0.15, 0.2) is 30.7 Å². The van der Waals surface area contributed by atoms with E-state index >= 15 is 0 Å². The topological polar surface area (TPSA) is 80.6 Å². The molecule has 2 fully saturated rings. The third-order valence-electron chi connectivity index (χ3n) is 8.02.